The summed E-state index contributed by atoms with van der Waals surface area (Å²) in [5.41, 5.74) is 5.81. The molecular weight excluding hydrogens is 462 g/mol. The van der Waals surface area contributed by atoms with Crippen LogP contribution in [0.5, 0.6) is 11.5 Å². The highest BCUT2D eigenvalue weighted by molar-refractivity contribution is 5.96. The number of hydrazine groups is 1. The van der Waals surface area contributed by atoms with E-state index < -0.39 is 23.5 Å². The van der Waals surface area contributed by atoms with Crippen LogP contribution in [0.2, 0.25) is 0 Å². The van der Waals surface area contributed by atoms with Crippen LogP contribution in [0.3, 0.4) is 0 Å². The van der Waals surface area contributed by atoms with Crippen LogP contribution in [-0.2, 0) is 16.1 Å². The number of rotatable bonds is 8. The van der Waals surface area contributed by atoms with E-state index in [1.165, 1.54) is 12.1 Å². The standard InChI is InChI=1S/C27H29N3O6/c1-27(2,3)36-26(33)28-21-11-9-20(10-12-21)25(32)30-29-24(31)18-35-23-15-13-22(14-16-23)34-17-19-7-5-4-6-8-19/h4-16H,17-18H2,1-3H3,(H,28,33)(H,29,31)(H,30,32). The Bertz CT molecular complexity index is 1160. The number of anilines is 1. The van der Waals surface area contributed by atoms with E-state index in [9.17, 15) is 14.4 Å². The van der Waals surface area contributed by atoms with Gasteiger partial charge in [-0.3, -0.25) is 25.8 Å². The molecule has 0 heterocycles. The van der Waals surface area contributed by atoms with Crippen LogP contribution in [-0.4, -0.2) is 30.1 Å². The summed E-state index contributed by atoms with van der Waals surface area (Å²) in [6, 6.07) is 22.8. The second-order valence-corrected chi connectivity index (χ2v) is 8.74. The Hall–Kier alpha value is -4.53. The lowest BCUT2D eigenvalue weighted by atomic mass is 10.2. The molecule has 3 rings (SSSR count). The molecule has 0 radical (unpaired) electrons. The molecule has 188 valence electrons. The average Bonchev–Trinajstić information content (AvgIpc) is 2.85. The number of hydrogen-bond acceptors (Lipinski definition) is 6. The summed E-state index contributed by atoms with van der Waals surface area (Å²) in [6.07, 6.45) is -0.596. The van der Waals surface area contributed by atoms with E-state index in [4.69, 9.17) is 14.2 Å². The zero-order valence-corrected chi connectivity index (χ0v) is 20.4. The van der Waals surface area contributed by atoms with Gasteiger partial charge in [0, 0.05) is 11.3 Å². The fraction of sp³-hybridized carbons (Fsp3) is 0.222. The van der Waals surface area contributed by atoms with Crippen molar-refractivity contribution in [2.75, 3.05) is 11.9 Å². The lowest BCUT2D eigenvalue weighted by molar-refractivity contribution is -0.123. The van der Waals surface area contributed by atoms with Gasteiger partial charge in [0.05, 0.1) is 0 Å². The Balaban J connectivity index is 1.37. The fourth-order valence-corrected chi connectivity index (χ4v) is 2.88. The van der Waals surface area contributed by atoms with Gasteiger partial charge in [0.1, 0.15) is 23.7 Å². The first kappa shape index (κ1) is 26.1. The highest BCUT2D eigenvalue weighted by Crippen LogP contribution is 2.19. The van der Waals surface area contributed by atoms with Crippen molar-refractivity contribution in [3.05, 3.63) is 90.0 Å². The van der Waals surface area contributed by atoms with E-state index in [-0.39, 0.29) is 12.2 Å². The molecule has 0 atom stereocenters. The van der Waals surface area contributed by atoms with Crippen molar-refractivity contribution in [2.24, 2.45) is 0 Å². The molecule has 0 aromatic heterocycles. The highest BCUT2D eigenvalue weighted by atomic mass is 16.6. The number of benzene rings is 3. The molecule has 0 spiro atoms. The Morgan fingerprint density at radius 2 is 1.36 bits per heavy atom. The molecular formula is C27H29N3O6. The lowest BCUT2D eigenvalue weighted by Gasteiger charge is -2.19. The zero-order chi connectivity index (χ0) is 26.0. The zero-order valence-electron chi connectivity index (χ0n) is 20.4. The molecule has 9 nitrogen and oxygen atoms in total. The van der Waals surface area contributed by atoms with Gasteiger partial charge in [-0.05, 0) is 74.9 Å². The molecule has 3 amide bonds. The Morgan fingerprint density at radius 3 is 1.97 bits per heavy atom. The Labute approximate surface area is 209 Å². The normalized spacial score (nSPS) is 10.6. The molecule has 0 aliphatic carbocycles. The summed E-state index contributed by atoms with van der Waals surface area (Å²) in [6.45, 7) is 5.45. The summed E-state index contributed by atoms with van der Waals surface area (Å²) in [4.78, 5) is 36.1. The van der Waals surface area contributed by atoms with Crippen molar-refractivity contribution < 1.29 is 28.6 Å². The number of nitrogens with one attached hydrogen (secondary N) is 3. The van der Waals surface area contributed by atoms with Crippen LogP contribution >= 0.6 is 0 Å². The molecule has 3 N–H and O–H groups in total. The lowest BCUT2D eigenvalue weighted by Crippen LogP contribution is -2.43. The molecule has 0 bridgehead atoms. The summed E-state index contributed by atoms with van der Waals surface area (Å²) in [5.74, 6) is 0.106. The maximum Gasteiger partial charge on any atom is 0.412 e. The second-order valence-electron chi connectivity index (χ2n) is 8.74. The van der Waals surface area contributed by atoms with Crippen LogP contribution < -0.4 is 25.6 Å². The molecule has 9 heteroatoms. The van der Waals surface area contributed by atoms with E-state index in [0.717, 1.165) is 5.56 Å². The van der Waals surface area contributed by atoms with E-state index in [2.05, 4.69) is 16.2 Å². The van der Waals surface area contributed by atoms with E-state index in [1.807, 2.05) is 30.3 Å². The number of carbonyl (C=O) groups excluding carboxylic acids is 3. The summed E-state index contributed by atoms with van der Waals surface area (Å²) in [5, 5.41) is 2.58. The maximum atomic E-state index is 12.3. The largest absolute Gasteiger partial charge is 0.489 e. The predicted molar refractivity (Wildman–Crippen MR) is 135 cm³/mol. The first-order chi connectivity index (χ1) is 17.2. The smallest absolute Gasteiger partial charge is 0.412 e. The number of hydrogen-bond donors (Lipinski definition) is 3. The third-order valence-corrected chi connectivity index (χ3v) is 4.55. The topological polar surface area (TPSA) is 115 Å². The fourth-order valence-electron chi connectivity index (χ4n) is 2.88. The van der Waals surface area contributed by atoms with E-state index in [0.29, 0.717) is 23.8 Å². The molecule has 0 saturated carbocycles. The van der Waals surface area contributed by atoms with Crippen LogP contribution in [0.25, 0.3) is 0 Å². The maximum absolute atomic E-state index is 12.3. The Kier molecular flexibility index (Phi) is 8.88. The summed E-state index contributed by atoms with van der Waals surface area (Å²) < 4.78 is 16.3. The van der Waals surface area contributed by atoms with Crippen LogP contribution in [0, 0.1) is 0 Å². The number of amides is 3. The van der Waals surface area contributed by atoms with Gasteiger partial charge in [-0.25, -0.2) is 4.79 Å². The van der Waals surface area contributed by atoms with E-state index >= 15 is 0 Å². The van der Waals surface area contributed by atoms with Crippen molar-refractivity contribution in [1.29, 1.82) is 0 Å². The van der Waals surface area contributed by atoms with Gasteiger partial charge in [0.25, 0.3) is 11.8 Å². The minimum absolute atomic E-state index is 0.288. The summed E-state index contributed by atoms with van der Waals surface area (Å²) >= 11 is 0. The van der Waals surface area contributed by atoms with Crippen molar-refractivity contribution in [2.45, 2.75) is 33.0 Å². The van der Waals surface area contributed by atoms with Crippen LogP contribution in [0.1, 0.15) is 36.7 Å². The van der Waals surface area contributed by atoms with Gasteiger partial charge in [-0.2, -0.15) is 0 Å². The van der Waals surface area contributed by atoms with E-state index in [1.54, 1.807) is 57.2 Å². The molecule has 0 fully saturated rings. The molecule has 36 heavy (non-hydrogen) atoms. The van der Waals surface area contributed by atoms with Gasteiger partial charge < -0.3 is 14.2 Å². The minimum Gasteiger partial charge on any atom is -0.489 e. The molecule has 0 aliphatic rings. The van der Waals surface area contributed by atoms with Crippen molar-refractivity contribution >= 4 is 23.6 Å². The van der Waals surface area contributed by atoms with Gasteiger partial charge in [0.15, 0.2) is 6.61 Å². The monoisotopic (exact) mass is 491 g/mol. The van der Waals surface area contributed by atoms with Crippen LogP contribution in [0.4, 0.5) is 10.5 Å². The summed E-state index contributed by atoms with van der Waals surface area (Å²) in [7, 11) is 0. The molecule has 0 saturated heterocycles. The van der Waals surface area contributed by atoms with Crippen LogP contribution in [0.15, 0.2) is 78.9 Å². The number of carbonyl (C=O) groups is 3. The average molecular weight is 492 g/mol. The third-order valence-electron chi connectivity index (χ3n) is 4.55. The Morgan fingerprint density at radius 1 is 0.750 bits per heavy atom. The van der Waals surface area contributed by atoms with Gasteiger partial charge in [-0.15, -0.1) is 0 Å². The minimum atomic E-state index is -0.619. The molecule has 0 unspecified atom stereocenters. The number of ether oxygens (including phenoxy) is 3. The predicted octanol–water partition coefficient (Wildman–Crippen LogP) is 4.45. The third kappa shape index (κ3) is 9.02. The van der Waals surface area contributed by atoms with Crippen molar-refractivity contribution in [1.82, 2.24) is 10.9 Å². The second kappa shape index (κ2) is 12.3. The SMILES string of the molecule is CC(C)(C)OC(=O)Nc1ccc(C(=O)NNC(=O)COc2ccc(OCc3ccccc3)cc2)cc1. The molecule has 3 aromatic carbocycles. The highest BCUT2D eigenvalue weighted by Gasteiger charge is 2.16. The van der Waals surface area contributed by atoms with Gasteiger partial charge in [0.2, 0.25) is 0 Å². The first-order valence-electron chi connectivity index (χ1n) is 11.3. The van der Waals surface area contributed by atoms with Gasteiger partial charge in [-0.1, -0.05) is 30.3 Å². The van der Waals surface area contributed by atoms with Gasteiger partial charge >= 0.3 is 6.09 Å². The molecule has 3 aromatic rings. The van der Waals surface area contributed by atoms with Crippen molar-refractivity contribution in [3.63, 3.8) is 0 Å². The molecule has 0 aliphatic heterocycles. The quantitative estimate of drug-likeness (QED) is 0.401. The van der Waals surface area contributed by atoms with Crippen molar-refractivity contribution in [3.8, 4) is 11.5 Å². The first-order valence-corrected chi connectivity index (χ1v) is 11.3.